The Morgan fingerprint density at radius 1 is 1.17 bits per heavy atom. The van der Waals surface area contributed by atoms with E-state index in [1.807, 2.05) is 35.0 Å². The molecule has 1 saturated heterocycles. The fraction of sp³-hybridized carbons (Fsp3) is 0.364. The van der Waals surface area contributed by atoms with E-state index in [-0.39, 0.29) is 17.9 Å². The molecule has 1 atom stereocenters. The Labute approximate surface area is 175 Å². The maximum atomic E-state index is 11.6. The molecule has 0 radical (unpaired) electrons. The standard InChI is InChI=1S/C22H26N6O2/c1-30-19-9-7-17(8-10-19)20(27-13-11-18(12-14-27)21(23)29)22-24-25-26-28(22)15-16-5-3-2-4-6-16/h2-10,18,20H,11-15H2,1H3,(H2,23,29)/p+1/t20-/m1/s1. The molecule has 0 unspecified atom stereocenters. The average Bonchev–Trinajstić information content (AvgIpc) is 3.23. The number of hydrogen-bond acceptors (Lipinski definition) is 5. The first kappa shape index (κ1) is 20.0. The zero-order valence-corrected chi connectivity index (χ0v) is 17.1. The van der Waals surface area contributed by atoms with Crippen LogP contribution in [-0.2, 0) is 11.3 Å². The Balaban J connectivity index is 1.66. The highest BCUT2D eigenvalue weighted by Crippen LogP contribution is 2.22. The van der Waals surface area contributed by atoms with Crippen LogP contribution in [0.4, 0.5) is 0 Å². The molecule has 0 spiro atoms. The number of methoxy groups -OCH3 is 1. The summed E-state index contributed by atoms with van der Waals surface area (Å²) in [6.07, 6.45) is 1.55. The normalized spacial score (nSPS) is 19.9. The van der Waals surface area contributed by atoms with Crippen molar-refractivity contribution in [3.8, 4) is 5.75 Å². The third-order valence-corrected chi connectivity index (χ3v) is 5.88. The number of nitrogens with zero attached hydrogens (tertiary/aromatic N) is 4. The van der Waals surface area contributed by atoms with Gasteiger partial charge < -0.3 is 15.4 Å². The maximum absolute atomic E-state index is 11.6. The number of rotatable bonds is 7. The summed E-state index contributed by atoms with van der Waals surface area (Å²) in [6.45, 7) is 2.28. The molecule has 0 bridgehead atoms. The first-order valence-corrected chi connectivity index (χ1v) is 10.2. The lowest BCUT2D eigenvalue weighted by molar-refractivity contribution is -0.931. The van der Waals surface area contributed by atoms with Gasteiger partial charge in [-0.2, -0.15) is 0 Å². The number of primary amides is 1. The van der Waals surface area contributed by atoms with Crippen molar-refractivity contribution in [1.29, 1.82) is 0 Å². The van der Waals surface area contributed by atoms with Crippen LogP contribution in [-0.4, -0.2) is 46.3 Å². The Morgan fingerprint density at radius 2 is 1.87 bits per heavy atom. The van der Waals surface area contributed by atoms with Crippen LogP contribution in [0.15, 0.2) is 54.6 Å². The van der Waals surface area contributed by atoms with E-state index >= 15 is 0 Å². The van der Waals surface area contributed by atoms with Crippen LogP contribution >= 0.6 is 0 Å². The SMILES string of the molecule is COc1ccc([C@H](c2nnnn2Cc2ccccc2)[NH+]2CCC(C(N)=O)CC2)cc1. The Kier molecular flexibility index (Phi) is 6.04. The minimum Gasteiger partial charge on any atom is -0.497 e. The first-order chi connectivity index (χ1) is 14.7. The van der Waals surface area contributed by atoms with Crippen LogP contribution in [0.25, 0.3) is 0 Å². The zero-order valence-electron chi connectivity index (χ0n) is 17.1. The number of hydrogen-bond donors (Lipinski definition) is 2. The number of nitrogens with one attached hydrogen (secondary N) is 1. The molecule has 8 nitrogen and oxygen atoms in total. The van der Waals surface area contributed by atoms with Crippen LogP contribution in [0.5, 0.6) is 5.75 Å². The van der Waals surface area contributed by atoms with Crippen LogP contribution in [0, 0.1) is 5.92 Å². The smallest absolute Gasteiger partial charge is 0.220 e. The Hall–Kier alpha value is -3.26. The fourth-order valence-corrected chi connectivity index (χ4v) is 4.21. The fourth-order valence-electron chi connectivity index (χ4n) is 4.21. The van der Waals surface area contributed by atoms with Gasteiger partial charge in [-0.05, 0) is 40.3 Å². The van der Waals surface area contributed by atoms with E-state index in [0.717, 1.165) is 48.6 Å². The molecular weight excluding hydrogens is 380 g/mol. The highest BCUT2D eigenvalue weighted by atomic mass is 16.5. The summed E-state index contributed by atoms with van der Waals surface area (Å²) < 4.78 is 7.20. The van der Waals surface area contributed by atoms with Gasteiger partial charge in [-0.3, -0.25) is 4.79 Å². The van der Waals surface area contributed by atoms with Crippen molar-refractivity contribution in [3.05, 3.63) is 71.5 Å². The van der Waals surface area contributed by atoms with E-state index in [2.05, 4.69) is 39.8 Å². The van der Waals surface area contributed by atoms with Crippen molar-refractivity contribution in [3.63, 3.8) is 0 Å². The third-order valence-electron chi connectivity index (χ3n) is 5.88. The highest BCUT2D eigenvalue weighted by molar-refractivity contribution is 5.76. The van der Waals surface area contributed by atoms with Gasteiger partial charge in [-0.15, -0.1) is 5.10 Å². The number of amides is 1. The molecule has 1 aliphatic heterocycles. The molecule has 0 saturated carbocycles. The van der Waals surface area contributed by atoms with E-state index in [0.29, 0.717) is 6.54 Å². The summed E-state index contributed by atoms with van der Waals surface area (Å²) in [4.78, 5) is 13.0. The van der Waals surface area contributed by atoms with Crippen molar-refractivity contribution >= 4 is 5.91 Å². The minimum absolute atomic E-state index is 0.0385. The van der Waals surface area contributed by atoms with Gasteiger partial charge in [-0.1, -0.05) is 30.3 Å². The van der Waals surface area contributed by atoms with Gasteiger partial charge in [0.15, 0.2) is 6.04 Å². The first-order valence-electron chi connectivity index (χ1n) is 10.2. The van der Waals surface area contributed by atoms with Gasteiger partial charge in [0.1, 0.15) is 5.75 Å². The van der Waals surface area contributed by atoms with Crippen molar-refractivity contribution in [2.45, 2.75) is 25.4 Å². The zero-order chi connectivity index (χ0) is 20.9. The van der Waals surface area contributed by atoms with Gasteiger partial charge in [0, 0.05) is 24.3 Å². The highest BCUT2D eigenvalue weighted by Gasteiger charge is 2.36. The second-order valence-corrected chi connectivity index (χ2v) is 7.72. The average molecular weight is 407 g/mol. The molecule has 4 rings (SSSR count). The molecule has 8 heteroatoms. The van der Waals surface area contributed by atoms with Crippen LogP contribution in [0.2, 0.25) is 0 Å². The molecule has 0 aliphatic carbocycles. The second kappa shape index (κ2) is 9.04. The number of ether oxygens (including phenoxy) is 1. The quantitative estimate of drug-likeness (QED) is 0.597. The molecule has 3 N–H and O–H groups in total. The number of tetrazole rings is 1. The van der Waals surface area contributed by atoms with E-state index in [4.69, 9.17) is 10.5 Å². The number of benzene rings is 2. The molecule has 30 heavy (non-hydrogen) atoms. The topological polar surface area (TPSA) is 100 Å². The predicted molar refractivity (Wildman–Crippen MR) is 111 cm³/mol. The van der Waals surface area contributed by atoms with Crippen molar-refractivity contribution in [2.75, 3.05) is 20.2 Å². The number of quaternary nitrogens is 1. The summed E-state index contributed by atoms with van der Waals surface area (Å²) in [6, 6.07) is 18.2. The van der Waals surface area contributed by atoms with Gasteiger partial charge in [0.05, 0.1) is 26.7 Å². The number of aromatic nitrogens is 4. The minimum atomic E-state index is -0.205. The maximum Gasteiger partial charge on any atom is 0.220 e. The summed E-state index contributed by atoms with van der Waals surface area (Å²) in [5.74, 6) is 1.37. The Morgan fingerprint density at radius 3 is 2.50 bits per heavy atom. The lowest BCUT2D eigenvalue weighted by atomic mass is 9.93. The number of carbonyl (C=O) groups is 1. The van der Waals surface area contributed by atoms with Crippen LogP contribution < -0.4 is 15.4 Å². The monoisotopic (exact) mass is 407 g/mol. The molecular formula is C22H27N6O2+. The summed E-state index contributed by atoms with van der Waals surface area (Å²) >= 11 is 0. The Bertz CT molecular complexity index is 965. The van der Waals surface area contributed by atoms with E-state index in [1.165, 1.54) is 4.90 Å². The molecule has 2 aromatic carbocycles. The lowest BCUT2D eigenvalue weighted by Crippen LogP contribution is -3.13. The van der Waals surface area contributed by atoms with E-state index < -0.39 is 0 Å². The second-order valence-electron chi connectivity index (χ2n) is 7.72. The third kappa shape index (κ3) is 4.33. The van der Waals surface area contributed by atoms with Crippen LogP contribution in [0.1, 0.15) is 35.8 Å². The van der Waals surface area contributed by atoms with Gasteiger partial charge in [0.25, 0.3) is 0 Å². The predicted octanol–water partition coefficient (Wildman–Crippen LogP) is 0.600. The van der Waals surface area contributed by atoms with Gasteiger partial charge in [0.2, 0.25) is 11.7 Å². The summed E-state index contributed by atoms with van der Waals surface area (Å²) in [7, 11) is 1.66. The molecule has 156 valence electrons. The molecule has 2 heterocycles. The molecule has 1 fully saturated rings. The lowest BCUT2D eigenvalue weighted by Gasteiger charge is -2.33. The molecule has 1 aliphatic rings. The van der Waals surface area contributed by atoms with Crippen LogP contribution in [0.3, 0.4) is 0 Å². The number of piperidine rings is 1. The summed E-state index contributed by atoms with van der Waals surface area (Å²) in [5, 5.41) is 12.7. The molecule has 1 amide bonds. The van der Waals surface area contributed by atoms with Crippen molar-refractivity contribution in [2.24, 2.45) is 11.7 Å². The molecule has 1 aromatic heterocycles. The van der Waals surface area contributed by atoms with Crippen molar-refractivity contribution < 1.29 is 14.4 Å². The van der Waals surface area contributed by atoms with Crippen molar-refractivity contribution in [1.82, 2.24) is 20.2 Å². The molecule has 3 aromatic rings. The van der Waals surface area contributed by atoms with E-state index in [9.17, 15) is 4.79 Å². The summed E-state index contributed by atoms with van der Waals surface area (Å²) in [5.41, 5.74) is 7.80. The number of nitrogens with two attached hydrogens (primary N) is 1. The number of likely N-dealkylation sites (tertiary alicyclic amines) is 1. The number of carbonyl (C=O) groups excluding carboxylic acids is 1. The van der Waals surface area contributed by atoms with Gasteiger partial charge in [-0.25, -0.2) is 4.68 Å². The largest absolute Gasteiger partial charge is 0.497 e. The van der Waals surface area contributed by atoms with E-state index in [1.54, 1.807) is 7.11 Å². The van der Waals surface area contributed by atoms with Gasteiger partial charge >= 0.3 is 0 Å².